The van der Waals surface area contributed by atoms with Gasteiger partial charge in [-0.1, -0.05) is 15.9 Å². The fourth-order valence-electron chi connectivity index (χ4n) is 0.346. The maximum absolute atomic E-state index is 3.45. The zero-order valence-corrected chi connectivity index (χ0v) is 7.50. The van der Waals surface area contributed by atoms with Crippen LogP contribution in [0.5, 0.6) is 0 Å². The molecule has 1 aliphatic rings. The zero-order chi connectivity index (χ0) is 5.28. The van der Waals surface area contributed by atoms with Gasteiger partial charge in [-0.3, -0.25) is 0 Å². The predicted octanol–water partition coefficient (Wildman–Crippen LogP) is 3.06. The van der Waals surface area contributed by atoms with Gasteiger partial charge in [0.25, 0.3) is 0 Å². The van der Waals surface area contributed by atoms with E-state index in [0.29, 0.717) is 0 Å². The van der Waals surface area contributed by atoms with Crippen molar-refractivity contribution in [3.8, 4) is 0 Å². The van der Waals surface area contributed by atoms with Gasteiger partial charge < -0.3 is 0 Å². The first-order valence-corrected chi connectivity index (χ1v) is 6.08. The standard InChI is InChI=1S/C4H4Br2S/c5-4-1-2-7(6)3-4/h1-3,7H. The molecule has 0 fully saturated rings. The van der Waals surface area contributed by atoms with E-state index in [2.05, 4.69) is 47.6 Å². The highest BCUT2D eigenvalue weighted by Gasteiger charge is 1.96. The van der Waals surface area contributed by atoms with E-state index in [1.807, 2.05) is 0 Å². The van der Waals surface area contributed by atoms with Crippen LogP contribution in [0, 0.1) is 0 Å². The van der Waals surface area contributed by atoms with E-state index < -0.39 is 0 Å². The lowest BCUT2D eigenvalue weighted by atomic mass is 10.6. The summed E-state index contributed by atoms with van der Waals surface area (Å²) in [7, 11) is -0.0813. The molecule has 1 heterocycles. The molecule has 7 heavy (non-hydrogen) atoms. The third kappa shape index (κ3) is 1.63. The number of hydrogen-bond acceptors (Lipinski definition) is 0. The number of allylic oxidation sites excluding steroid dienone is 2. The molecule has 0 aliphatic carbocycles. The number of halogens is 2. The summed E-state index contributed by atoms with van der Waals surface area (Å²) in [5, 5.41) is 4.29. The topological polar surface area (TPSA) is 0 Å². The maximum atomic E-state index is 3.45. The summed E-state index contributed by atoms with van der Waals surface area (Å²) in [5.41, 5.74) is 0. The van der Waals surface area contributed by atoms with Crippen LogP contribution in [-0.2, 0) is 0 Å². The van der Waals surface area contributed by atoms with Crippen molar-refractivity contribution < 1.29 is 0 Å². The maximum Gasteiger partial charge on any atom is 0.0236 e. The molecular formula is C4H4Br2S. The summed E-state index contributed by atoms with van der Waals surface area (Å²) in [6.45, 7) is 0. The molecule has 0 saturated heterocycles. The van der Waals surface area contributed by atoms with Gasteiger partial charge in [0.05, 0.1) is 0 Å². The van der Waals surface area contributed by atoms with Gasteiger partial charge in [-0.05, 0) is 31.7 Å². The number of hydrogen-bond donors (Lipinski definition) is 1. The number of thiol groups is 1. The summed E-state index contributed by atoms with van der Waals surface area (Å²) >= 11 is 6.79. The largest absolute Gasteiger partial charge is 0.153 e. The second kappa shape index (κ2) is 2.37. The van der Waals surface area contributed by atoms with E-state index in [-0.39, 0.29) is 9.33 Å². The van der Waals surface area contributed by atoms with Crippen molar-refractivity contribution >= 4 is 40.1 Å². The Morgan fingerprint density at radius 3 is 2.43 bits per heavy atom. The minimum absolute atomic E-state index is 0.0813. The smallest absolute Gasteiger partial charge is 0.0236 e. The van der Waals surface area contributed by atoms with Crippen LogP contribution < -0.4 is 0 Å². The van der Waals surface area contributed by atoms with E-state index >= 15 is 0 Å². The molecule has 0 spiro atoms. The van der Waals surface area contributed by atoms with Crippen molar-refractivity contribution in [2.75, 3.05) is 0 Å². The second-order valence-electron chi connectivity index (χ2n) is 1.17. The molecule has 0 radical (unpaired) electrons. The Kier molecular flexibility index (Phi) is 2.01. The average molecular weight is 244 g/mol. The van der Waals surface area contributed by atoms with E-state index in [9.17, 15) is 0 Å². The second-order valence-corrected chi connectivity index (χ2v) is 5.79. The molecule has 40 valence electrons. The highest BCUT2D eigenvalue weighted by Crippen LogP contribution is 2.43. The van der Waals surface area contributed by atoms with Crippen LogP contribution in [0.3, 0.4) is 0 Å². The minimum atomic E-state index is -0.0813. The monoisotopic (exact) mass is 242 g/mol. The fourth-order valence-corrected chi connectivity index (χ4v) is 3.90. The molecule has 1 atom stereocenters. The highest BCUT2D eigenvalue weighted by atomic mass is 79.9. The normalized spacial score (nSPS) is 33.4. The van der Waals surface area contributed by atoms with Gasteiger partial charge in [0.15, 0.2) is 0 Å². The van der Waals surface area contributed by atoms with Gasteiger partial charge in [0, 0.05) is 4.48 Å². The van der Waals surface area contributed by atoms with E-state index in [1.54, 1.807) is 0 Å². The van der Waals surface area contributed by atoms with Crippen LogP contribution in [0.25, 0.3) is 0 Å². The summed E-state index contributed by atoms with van der Waals surface area (Å²) in [5.74, 6) is 0. The van der Waals surface area contributed by atoms with Gasteiger partial charge in [-0.2, -0.15) is 9.33 Å². The summed E-state index contributed by atoms with van der Waals surface area (Å²) in [6, 6.07) is 0. The first-order valence-electron chi connectivity index (χ1n) is 1.79. The highest BCUT2D eigenvalue weighted by molar-refractivity contribution is 9.55. The van der Waals surface area contributed by atoms with Gasteiger partial charge in [-0.15, -0.1) is 0 Å². The Morgan fingerprint density at radius 2 is 2.29 bits per heavy atom. The molecule has 1 rings (SSSR count). The summed E-state index contributed by atoms with van der Waals surface area (Å²) in [4.78, 5) is 0. The Balaban J connectivity index is 2.69. The van der Waals surface area contributed by atoms with E-state index in [1.165, 1.54) is 4.48 Å². The van der Waals surface area contributed by atoms with Gasteiger partial charge >= 0.3 is 0 Å². The Morgan fingerprint density at radius 1 is 1.57 bits per heavy atom. The van der Waals surface area contributed by atoms with Crippen molar-refractivity contribution in [2.45, 2.75) is 0 Å². The molecule has 0 saturated carbocycles. The van der Waals surface area contributed by atoms with Gasteiger partial charge in [0.1, 0.15) is 0 Å². The molecule has 0 N–H and O–H groups in total. The van der Waals surface area contributed by atoms with Crippen LogP contribution in [0.4, 0.5) is 0 Å². The molecule has 0 amide bonds. The van der Waals surface area contributed by atoms with Crippen molar-refractivity contribution in [2.24, 2.45) is 0 Å². The van der Waals surface area contributed by atoms with Crippen molar-refractivity contribution in [1.82, 2.24) is 0 Å². The third-order valence-corrected chi connectivity index (χ3v) is 3.75. The number of rotatable bonds is 0. The zero-order valence-electron chi connectivity index (χ0n) is 3.44. The summed E-state index contributed by atoms with van der Waals surface area (Å²) in [6.07, 6.45) is 2.06. The van der Waals surface area contributed by atoms with E-state index in [0.717, 1.165) is 0 Å². The molecule has 0 aromatic heterocycles. The third-order valence-electron chi connectivity index (χ3n) is 0.623. The van der Waals surface area contributed by atoms with E-state index in [4.69, 9.17) is 0 Å². The molecule has 3 heteroatoms. The Hall–Kier alpha value is 0.790. The van der Waals surface area contributed by atoms with Crippen molar-refractivity contribution in [1.29, 1.82) is 0 Å². The first kappa shape index (κ1) is 5.92. The molecular weight excluding hydrogens is 240 g/mol. The Labute approximate surface area is 61.4 Å². The predicted molar refractivity (Wildman–Crippen MR) is 44.1 cm³/mol. The molecule has 0 aromatic carbocycles. The molecule has 0 aromatic rings. The average Bonchev–Trinajstić information content (AvgIpc) is 1.87. The van der Waals surface area contributed by atoms with Crippen LogP contribution in [-0.4, -0.2) is 0 Å². The molecule has 1 unspecified atom stereocenters. The Bertz CT molecular complexity index is 128. The van der Waals surface area contributed by atoms with Gasteiger partial charge in [0.2, 0.25) is 0 Å². The van der Waals surface area contributed by atoms with Crippen molar-refractivity contribution in [3.63, 3.8) is 0 Å². The van der Waals surface area contributed by atoms with Crippen molar-refractivity contribution in [3.05, 3.63) is 21.4 Å². The van der Waals surface area contributed by atoms with Crippen LogP contribution in [0.2, 0.25) is 0 Å². The molecule has 0 nitrogen and oxygen atoms in total. The van der Waals surface area contributed by atoms with Crippen LogP contribution in [0.1, 0.15) is 0 Å². The van der Waals surface area contributed by atoms with Crippen LogP contribution in [0.15, 0.2) is 21.4 Å². The fraction of sp³-hybridized carbons (Fsp3) is 0. The quantitative estimate of drug-likeness (QED) is 0.622. The lowest BCUT2D eigenvalue weighted by Crippen LogP contribution is -1.43. The summed E-state index contributed by atoms with van der Waals surface area (Å²) < 4.78 is 1.19. The van der Waals surface area contributed by atoms with Crippen LogP contribution >= 0.6 is 40.1 Å². The minimum Gasteiger partial charge on any atom is -0.153 e. The lowest BCUT2D eigenvalue weighted by molar-refractivity contribution is 2.09. The lowest BCUT2D eigenvalue weighted by Gasteiger charge is -1.89. The SMILES string of the molecule is BrC1=C[SH](Br)C=C1. The first-order chi connectivity index (χ1) is 3.29. The molecule has 1 aliphatic heterocycles. The molecule has 0 bridgehead atoms. The van der Waals surface area contributed by atoms with Gasteiger partial charge in [-0.25, -0.2) is 0 Å².